The monoisotopic (exact) mass is 507 g/mol. The van der Waals surface area contributed by atoms with Gasteiger partial charge in [0.1, 0.15) is 0 Å². The van der Waals surface area contributed by atoms with Crippen molar-refractivity contribution in [2.45, 2.75) is 62.3 Å². The Morgan fingerprint density at radius 2 is 1.50 bits per heavy atom. The highest BCUT2D eigenvalue weighted by molar-refractivity contribution is 7.89. The Bertz CT molecular complexity index is 1340. The number of amides is 1. The molecule has 1 aromatic heterocycles. The fourth-order valence-corrected chi connectivity index (χ4v) is 10.1. The second-order valence-corrected chi connectivity index (χ2v) is 14.1. The molecule has 4 aliphatic carbocycles. The van der Waals surface area contributed by atoms with Crippen molar-refractivity contribution in [2.75, 3.05) is 18.4 Å². The molecule has 3 heterocycles. The summed E-state index contributed by atoms with van der Waals surface area (Å²) in [4.78, 5) is 25.9. The van der Waals surface area contributed by atoms with Gasteiger partial charge in [-0.2, -0.15) is 4.31 Å². The lowest BCUT2D eigenvalue weighted by molar-refractivity contribution is -0.140. The molecule has 2 atom stereocenters. The van der Waals surface area contributed by atoms with Crippen LogP contribution in [0.3, 0.4) is 0 Å². The van der Waals surface area contributed by atoms with Crippen LogP contribution in [0.15, 0.2) is 52.2 Å². The summed E-state index contributed by atoms with van der Waals surface area (Å²) >= 11 is 0. The van der Waals surface area contributed by atoms with Gasteiger partial charge in [-0.05, 0) is 98.9 Å². The number of fused-ring (bicyclic) bond motifs is 4. The predicted octanol–water partition coefficient (Wildman–Crippen LogP) is 3.81. The van der Waals surface area contributed by atoms with E-state index in [1.807, 2.05) is 10.6 Å². The number of nitrogens with one attached hydrogen (secondary N) is 1. The van der Waals surface area contributed by atoms with E-state index < -0.39 is 10.0 Å². The molecule has 8 heteroatoms. The smallest absolute Gasteiger partial charge is 0.250 e. The second-order valence-electron chi connectivity index (χ2n) is 12.2. The molecular formula is C28H33N3O4S. The van der Waals surface area contributed by atoms with Gasteiger partial charge >= 0.3 is 0 Å². The first kappa shape index (κ1) is 22.7. The van der Waals surface area contributed by atoms with E-state index in [2.05, 4.69) is 5.32 Å². The van der Waals surface area contributed by atoms with E-state index in [0.29, 0.717) is 43.1 Å². The minimum absolute atomic E-state index is 0.00955. The van der Waals surface area contributed by atoms with Crippen molar-refractivity contribution < 1.29 is 13.2 Å². The maximum Gasteiger partial charge on any atom is 0.250 e. The van der Waals surface area contributed by atoms with E-state index >= 15 is 0 Å². The van der Waals surface area contributed by atoms with Crippen LogP contribution in [-0.2, 0) is 21.4 Å². The third-order valence-corrected chi connectivity index (χ3v) is 11.6. The van der Waals surface area contributed by atoms with Gasteiger partial charge < -0.3 is 9.88 Å². The summed E-state index contributed by atoms with van der Waals surface area (Å²) in [5.74, 6) is 2.37. The van der Waals surface area contributed by atoms with Crippen LogP contribution in [-0.4, -0.2) is 36.3 Å². The third-order valence-electron chi connectivity index (χ3n) is 9.72. The third kappa shape index (κ3) is 3.59. The first-order valence-corrected chi connectivity index (χ1v) is 14.8. The highest BCUT2D eigenvalue weighted by Gasteiger charge is 2.54. The lowest BCUT2D eigenvalue weighted by Crippen LogP contribution is -2.51. The highest BCUT2D eigenvalue weighted by Crippen LogP contribution is 2.60. The van der Waals surface area contributed by atoms with Gasteiger partial charge in [0.2, 0.25) is 15.9 Å². The average molecular weight is 508 g/mol. The molecule has 1 amide bonds. The van der Waals surface area contributed by atoms with Crippen LogP contribution < -0.4 is 10.9 Å². The number of aromatic nitrogens is 1. The van der Waals surface area contributed by atoms with Crippen molar-refractivity contribution in [1.82, 2.24) is 8.87 Å². The molecule has 1 N–H and O–H groups in total. The molecule has 0 spiro atoms. The molecule has 4 saturated carbocycles. The van der Waals surface area contributed by atoms with Crippen LogP contribution in [0.1, 0.15) is 56.6 Å². The summed E-state index contributed by atoms with van der Waals surface area (Å²) in [7, 11) is -3.67. The Morgan fingerprint density at radius 1 is 0.833 bits per heavy atom. The standard InChI is InChI=1S/C28H33N3O4S/c32-26-3-1-2-25-22-11-21(16-31(25)26)15-30(17-22)36(34,35)24-6-4-23(5-7-24)29-27(33)28-12-18-8-19(13-28)10-20(9-18)14-28/h1-7,18-22H,8-17H2,(H,29,33)/t18?,19?,20?,21-,22+,28?/m0/s1. The van der Waals surface area contributed by atoms with Gasteiger partial charge in [0.15, 0.2) is 0 Å². The lowest BCUT2D eigenvalue weighted by Gasteiger charge is -2.55. The molecular weight excluding hydrogens is 474 g/mol. The van der Waals surface area contributed by atoms with Crippen molar-refractivity contribution in [3.63, 3.8) is 0 Å². The van der Waals surface area contributed by atoms with Crippen LogP contribution in [0.25, 0.3) is 0 Å². The van der Waals surface area contributed by atoms with Crippen LogP contribution in [0.5, 0.6) is 0 Å². The Balaban J connectivity index is 1.07. The Kier molecular flexibility index (Phi) is 5.06. The molecule has 6 bridgehead atoms. The molecule has 1 saturated heterocycles. The summed E-state index contributed by atoms with van der Waals surface area (Å²) in [6, 6.07) is 12.0. The molecule has 7 nitrogen and oxygen atoms in total. The van der Waals surface area contributed by atoms with E-state index in [9.17, 15) is 18.0 Å². The molecule has 2 aromatic rings. The minimum Gasteiger partial charge on any atom is -0.326 e. The van der Waals surface area contributed by atoms with Crippen LogP contribution in [0.2, 0.25) is 0 Å². The van der Waals surface area contributed by atoms with E-state index in [1.165, 1.54) is 19.3 Å². The van der Waals surface area contributed by atoms with Crippen molar-refractivity contribution in [1.29, 1.82) is 0 Å². The number of rotatable bonds is 4. The van der Waals surface area contributed by atoms with Gasteiger partial charge in [-0.1, -0.05) is 6.07 Å². The number of benzene rings is 1. The van der Waals surface area contributed by atoms with E-state index in [1.54, 1.807) is 40.7 Å². The first-order chi connectivity index (χ1) is 17.3. The van der Waals surface area contributed by atoms with Crippen LogP contribution in [0.4, 0.5) is 5.69 Å². The Morgan fingerprint density at radius 3 is 2.17 bits per heavy atom. The summed E-state index contributed by atoms with van der Waals surface area (Å²) in [6.45, 7) is 1.36. The molecule has 0 radical (unpaired) electrons. The fourth-order valence-electron chi connectivity index (χ4n) is 8.56. The Labute approximate surface area is 211 Å². The van der Waals surface area contributed by atoms with Gasteiger partial charge in [-0.25, -0.2) is 8.42 Å². The molecule has 0 unspecified atom stereocenters. The zero-order valence-electron chi connectivity index (χ0n) is 20.4. The van der Waals surface area contributed by atoms with Crippen molar-refractivity contribution >= 4 is 21.6 Å². The lowest BCUT2D eigenvalue weighted by atomic mass is 9.49. The van der Waals surface area contributed by atoms with Crippen LogP contribution >= 0.6 is 0 Å². The summed E-state index contributed by atoms with van der Waals surface area (Å²) in [5, 5.41) is 3.13. The topological polar surface area (TPSA) is 88.5 Å². The molecule has 5 fully saturated rings. The van der Waals surface area contributed by atoms with Gasteiger partial charge in [-0.3, -0.25) is 9.59 Å². The van der Waals surface area contributed by atoms with Gasteiger partial charge in [0.05, 0.1) is 10.3 Å². The zero-order chi connectivity index (χ0) is 24.7. The molecule has 8 rings (SSSR count). The van der Waals surface area contributed by atoms with Crippen molar-refractivity contribution in [2.24, 2.45) is 29.1 Å². The van der Waals surface area contributed by atoms with Gasteiger partial charge in [0.25, 0.3) is 5.56 Å². The van der Waals surface area contributed by atoms with E-state index in [0.717, 1.165) is 31.4 Å². The number of hydrogen-bond acceptors (Lipinski definition) is 4. The molecule has 1 aromatic carbocycles. The second kappa shape index (κ2) is 8.02. The average Bonchev–Trinajstić information content (AvgIpc) is 2.84. The zero-order valence-corrected chi connectivity index (χ0v) is 21.3. The maximum absolute atomic E-state index is 13.5. The van der Waals surface area contributed by atoms with Crippen LogP contribution in [0, 0.1) is 29.1 Å². The number of nitrogens with zero attached hydrogens (tertiary/aromatic N) is 2. The molecule has 36 heavy (non-hydrogen) atoms. The number of anilines is 1. The molecule has 2 aliphatic heterocycles. The van der Waals surface area contributed by atoms with Gasteiger partial charge in [0, 0.05) is 43.0 Å². The first-order valence-electron chi connectivity index (χ1n) is 13.4. The molecule has 190 valence electrons. The number of piperidine rings is 1. The minimum atomic E-state index is -3.67. The van der Waals surface area contributed by atoms with E-state index in [4.69, 9.17) is 0 Å². The highest BCUT2D eigenvalue weighted by atomic mass is 32.2. The van der Waals surface area contributed by atoms with Crippen molar-refractivity contribution in [3.8, 4) is 0 Å². The number of carbonyl (C=O) groups is 1. The summed E-state index contributed by atoms with van der Waals surface area (Å²) < 4.78 is 30.4. The SMILES string of the molecule is O=C(Nc1ccc(S(=O)(=O)N2C[C@@H]3C[C@H](C2)c2cccc(=O)n2C3)cc1)C12CC3CC(CC(C3)C1)C2. The predicted molar refractivity (Wildman–Crippen MR) is 136 cm³/mol. The normalized spacial score (nSPS) is 34.8. The Hall–Kier alpha value is -2.45. The van der Waals surface area contributed by atoms with Crippen molar-refractivity contribution in [3.05, 3.63) is 58.5 Å². The summed E-state index contributed by atoms with van der Waals surface area (Å²) in [6.07, 6.45) is 7.79. The fraction of sp³-hybridized carbons (Fsp3) is 0.571. The summed E-state index contributed by atoms with van der Waals surface area (Å²) in [5.41, 5.74) is 1.35. The number of sulfonamides is 1. The number of hydrogen-bond donors (Lipinski definition) is 1. The number of pyridine rings is 1. The van der Waals surface area contributed by atoms with Gasteiger partial charge in [-0.15, -0.1) is 0 Å². The largest absolute Gasteiger partial charge is 0.326 e. The molecule has 6 aliphatic rings. The maximum atomic E-state index is 13.5. The quantitative estimate of drug-likeness (QED) is 0.682. The van der Waals surface area contributed by atoms with E-state index in [-0.39, 0.29) is 33.6 Å². The number of carbonyl (C=O) groups excluding carboxylic acids is 1.